The van der Waals surface area contributed by atoms with E-state index in [1.54, 1.807) is 6.92 Å². The van der Waals surface area contributed by atoms with Crippen molar-refractivity contribution in [1.29, 1.82) is 0 Å². The molecule has 27 heavy (non-hydrogen) atoms. The molecule has 0 bridgehead atoms. The Kier molecular flexibility index (Phi) is 5.26. The third-order valence-corrected chi connectivity index (χ3v) is 5.44. The fourth-order valence-corrected chi connectivity index (χ4v) is 3.77. The molecule has 4 nitrogen and oxygen atoms in total. The van der Waals surface area contributed by atoms with Gasteiger partial charge in [0.1, 0.15) is 0 Å². The summed E-state index contributed by atoms with van der Waals surface area (Å²) < 4.78 is 5.24. The molecule has 0 amide bonds. The fourth-order valence-electron chi connectivity index (χ4n) is 3.77. The molecule has 2 aromatic carbocycles. The number of carbonyl (C=O) groups is 3. The van der Waals surface area contributed by atoms with Crippen LogP contribution in [0.15, 0.2) is 60.7 Å². The van der Waals surface area contributed by atoms with Crippen LogP contribution in [0.4, 0.5) is 0 Å². The number of esters is 1. The lowest BCUT2D eigenvalue weighted by atomic mass is 9.68. The van der Waals surface area contributed by atoms with Crippen LogP contribution in [0.25, 0.3) is 0 Å². The summed E-state index contributed by atoms with van der Waals surface area (Å²) in [5.41, 5.74) is -0.978. The zero-order valence-electron chi connectivity index (χ0n) is 15.7. The number of benzene rings is 2. The predicted molar refractivity (Wildman–Crippen MR) is 102 cm³/mol. The third kappa shape index (κ3) is 3.32. The van der Waals surface area contributed by atoms with Crippen molar-refractivity contribution >= 4 is 17.5 Å². The monoisotopic (exact) mass is 364 g/mol. The lowest BCUT2D eigenvalue weighted by Gasteiger charge is -2.31. The van der Waals surface area contributed by atoms with Crippen LogP contribution in [0.1, 0.15) is 37.8 Å². The van der Waals surface area contributed by atoms with Gasteiger partial charge < -0.3 is 4.74 Å². The van der Waals surface area contributed by atoms with E-state index in [1.807, 2.05) is 60.7 Å². The standard InChI is InChI=1S/C23H24O4/c1-3-27-21(26)23(17(2)24,16-18-10-6-4-7-11-18)20(25)22(14-15-22)19-12-8-5-9-13-19/h4-13H,3,14-16H2,1-2H3. The van der Waals surface area contributed by atoms with E-state index >= 15 is 0 Å². The van der Waals surface area contributed by atoms with Gasteiger partial charge in [-0.3, -0.25) is 14.4 Å². The highest BCUT2D eigenvalue weighted by atomic mass is 16.5. The Morgan fingerprint density at radius 2 is 1.52 bits per heavy atom. The molecule has 1 aliphatic carbocycles. The van der Waals surface area contributed by atoms with Crippen molar-refractivity contribution in [1.82, 2.24) is 0 Å². The Balaban J connectivity index is 2.10. The highest BCUT2D eigenvalue weighted by Crippen LogP contribution is 2.53. The van der Waals surface area contributed by atoms with Crippen molar-refractivity contribution in [2.75, 3.05) is 6.61 Å². The van der Waals surface area contributed by atoms with Gasteiger partial charge in [0.05, 0.1) is 12.0 Å². The van der Waals surface area contributed by atoms with E-state index in [-0.39, 0.29) is 18.8 Å². The number of rotatable bonds is 8. The van der Waals surface area contributed by atoms with Crippen LogP contribution < -0.4 is 0 Å². The van der Waals surface area contributed by atoms with Gasteiger partial charge in [-0.15, -0.1) is 0 Å². The Morgan fingerprint density at radius 3 is 2.00 bits per heavy atom. The van der Waals surface area contributed by atoms with E-state index in [9.17, 15) is 14.4 Å². The van der Waals surface area contributed by atoms with Crippen LogP contribution in [-0.2, 0) is 31.0 Å². The molecule has 1 atom stereocenters. The van der Waals surface area contributed by atoms with Gasteiger partial charge in [-0.05, 0) is 37.8 Å². The van der Waals surface area contributed by atoms with Gasteiger partial charge >= 0.3 is 5.97 Å². The van der Waals surface area contributed by atoms with E-state index in [2.05, 4.69) is 0 Å². The molecule has 4 heteroatoms. The predicted octanol–water partition coefficient (Wildman–Crippen LogP) is 3.67. The van der Waals surface area contributed by atoms with Gasteiger partial charge in [0.15, 0.2) is 17.0 Å². The van der Waals surface area contributed by atoms with Crippen LogP contribution in [0, 0.1) is 5.41 Å². The van der Waals surface area contributed by atoms with Crippen LogP contribution >= 0.6 is 0 Å². The molecule has 140 valence electrons. The summed E-state index contributed by atoms with van der Waals surface area (Å²) in [6.07, 6.45) is 1.30. The molecular weight excluding hydrogens is 340 g/mol. The zero-order valence-corrected chi connectivity index (χ0v) is 15.7. The molecule has 0 radical (unpaired) electrons. The van der Waals surface area contributed by atoms with Crippen LogP contribution in [0.2, 0.25) is 0 Å². The smallest absolute Gasteiger partial charge is 0.327 e. The second kappa shape index (κ2) is 7.47. The molecule has 0 spiro atoms. The maximum absolute atomic E-state index is 13.8. The highest BCUT2D eigenvalue weighted by Gasteiger charge is 2.63. The molecular formula is C23H24O4. The first kappa shape index (κ1) is 19.0. The highest BCUT2D eigenvalue weighted by molar-refractivity contribution is 6.25. The van der Waals surface area contributed by atoms with E-state index in [1.165, 1.54) is 6.92 Å². The maximum atomic E-state index is 13.8. The molecule has 0 aliphatic heterocycles. The molecule has 3 rings (SSSR count). The second-order valence-electron chi connectivity index (χ2n) is 7.12. The maximum Gasteiger partial charge on any atom is 0.327 e. The van der Waals surface area contributed by atoms with E-state index < -0.39 is 22.6 Å². The quantitative estimate of drug-likeness (QED) is 0.530. The topological polar surface area (TPSA) is 60.4 Å². The largest absolute Gasteiger partial charge is 0.465 e. The Labute approximate surface area is 159 Å². The van der Waals surface area contributed by atoms with Gasteiger partial charge in [-0.1, -0.05) is 60.7 Å². The molecule has 1 saturated carbocycles. The third-order valence-electron chi connectivity index (χ3n) is 5.44. The van der Waals surface area contributed by atoms with Gasteiger partial charge in [0.25, 0.3) is 0 Å². The summed E-state index contributed by atoms with van der Waals surface area (Å²) in [5.74, 6) is -1.54. The number of hydrogen-bond acceptors (Lipinski definition) is 4. The van der Waals surface area contributed by atoms with Gasteiger partial charge in [0.2, 0.25) is 0 Å². The van der Waals surface area contributed by atoms with Crippen molar-refractivity contribution < 1.29 is 19.1 Å². The number of hydrogen-bond donors (Lipinski definition) is 0. The average molecular weight is 364 g/mol. The molecule has 1 fully saturated rings. The second-order valence-corrected chi connectivity index (χ2v) is 7.12. The molecule has 0 N–H and O–H groups in total. The van der Waals surface area contributed by atoms with Crippen molar-refractivity contribution in [2.45, 2.75) is 38.5 Å². The Bertz CT molecular complexity index is 837. The normalized spacial score (nSPS) is 16.8. The Morgan fingerprint density at radius 1 is 0.963 bits per heavy atom. The lowest BCUT2D eigenvalue weighted by molar-refractivity contribution is -0.164. The first-order chi connectivity index (χ1) is 13.0. The minimum atomic E-state index is -1.82. The average Bonchev–Trinajstić information content (AvgIpc) is 3.49. The van der Waals surface area contributed by atoms with E-state index in [0.717, 1.165) is 11.1 Å². The zero-order chi connectivity index (χ0) is 19.5. The minimum Gasteiger partial charge on any atom is -0.465 e. The van der Waals surface area contributed by atoms with Crippen molar-refractivity contribution in [3.63, 3.8) is 0 Å². The van der Waals surface area contributed by atoms with Crippen molar-refractivity contribution in [3.05, 3.63) is 71.8 Å². The van der Waals surface area contributed by atoms with Crippen molar-refractivity contribution in [2.24, 2.45) is 5.41 Å². The van der Waals surface area contributed by atoms with Crippen LogP contribution in [-0.4, -0.2) is 24.1 Å². The molecule has 0 saturated heterocycles. The molecule has 2 aromatic rings. The number of ether oxygens (including phenoxy) is 1. The minimum absolute atomic E-state index is 0.0232. The van der Waals surface area contributed by atoms with Gasteiger partial charge in [-0.2, -0.15) is 0 Å². The van der Waals surface area contributed by atoms with E-state index in [4.69, 9.17) is 4.74 Å². The summed E-state index contributed by atoms with van der Waals surface area (Å²) in [4.78, 5) is 39.6. The lowest BCUT2D eigenvalue weighted by Crippen LogP contribution is -2.52. The number of Topliss-reactive ketones (excluding diaryl/α,β-unsaturated/α-hetero) is 2. The molecule has 0 aromatic heterocycles. The molecule has 0 heterocycles. The first-order valence-corrected chi connectivity index (χ1v) is 9.30. The van der Waals surface area contributed by atoms with Gasteiger partial charge in [-0.25, -0.2) is 0 Å². The summed E-state index contributed by atoms with van der Waals surface area (Å²) in [6.45, 7) is 3.12. The molecule has 1 unspecified atom stereocenters. The summed E-state index contributed by atoms with van der Waals surface area (Å²) in [6, 6.07) is 18.6. The van der Waals surface area contributed by atoms with E-state index in [0.29, 0.717) is 12.8 Å². The SMILES string of the molecule is CCOC(=O)C(Cc1ccccc1)(C(C)=O)C(=O)C1(c2ccccc2)CC1. The van der Waals surface area contributed by atoms with Crippen molar-refractivity contribution in [3.8, 4) is 0 Å². The number of carbonyl (C=O) groups excluding carboxylic acids is 3. The molecule has 1 aliphatic rings. The van der Waals surface area contributed by atoms with Crippen LogP contribution in [0.3, 0.4) is 0 Å². The van der Waals surface area contributed by atoms with Crippen LogP contribution in [0.5, 0.6) is 0 Å². The summed E-state index contributed by atoms with van der Waals surface area (Å²) in [7, 11) is 0. The summed E-state index contributed by atoms with van der Waals surface area (Å²) >= 11 is 0. The Hall–Kier alpha value is -2.75. The first-order valence-electron chi connectivity index (χ1n) is 9.30. The number of ketones is 2. The fraction of sp³-hybridized carbons (Fsp3) is 0.348. The summed E-state index contributed by atoms with van der Waals surface area (Å²) in [5, 5.41) is 0. The van der Waals surface area contributed by atoms with Gasteiger partial charge in [0, 0.05) is 6.42 Å².